The fourth-order valence-corrected chi connectivity index (χ4v) is 3.34. The summed E-state index contributed by atoms with van der Waals surface area (Å²) in [4.78, 5) is 1.13. The summed E-state index contributed by atoms with van der Waals surface area (Å²) in [6.07, 6.45) is 0.844. The summed E-state index contributed by atoms with van der Waals surface area (Å²) in [6.45, 7) is 10.7. The number of nitrogens with zero attached hydrogens (tertiary/aromatic N) is 2. The topological polar surface area (TPSA) is 63.8 Å². The maximum atomic E-state index is 5.81. The molecule has 3 N–H and O–H groups in total. The zero-order valence-corrected chi connectivity index (χ0v) is 14.2. The second kappa shape index (κ2) is 6.22. The van der Waals surface area contributed by atoms with E-state index in [0.29, 0.717) is 0 Å². The normalized spacial score (nSPS) is 13.4. The molecule has 0 aliphatic heterocycles. The lowest BCUT2D eigenvalue weighted by Crippen LogP contribution is -2.31. The third kappa shape index (κ3) is 3.67. The van der Waals surface area contributed by atoms with Gasteiger partial charge in [0.2, 0.25) is 0 Å². The van der Waals surface area contributed by atoms with Crippen molar-refractivity contribution >= 4 is 11.5 Å². The van der Waals surface area contributed by atoms with Gasteiger partial charge in [0, 0.05) is 5.41 Å². The highest BCUT2D eigenvalue weighted by Gasteiger charge is 2.27. The zero-order valence-electron chi connectivity index (χ0n) is 13.4. The van der Waals surface area contributed by atoms with Crippen LogP contribution in [0.15, 0.2) is 18.2 Å². The summed E-state index contributed by atoms with van der Waals surface area (Å²) in [5.41, 5.74) is 7.81. The lowest BCUT2D eigenvalue weighted by molar-refractivity contribution is 0.515. The van der Waals surface area contributed by atoms with Gasteiger partial charge in [0.25, 0.3) is 0 Å². The van der Waals surface area contributed by atoms with Gasteiger partial charge in [0.15, 0.2) is 0 Å². The molecule has 1 aromatic heterocycles. The SMILES string of the molecule is Cc1ccc(C)c(CC(NN)c2snnc2C(C)(C)C)c1. The first-order valence-corrected chi connectivity index (χ1v) is 7.95. The Morgan fingerprint density at radius 1 is 1.29 bits per heavy atom. The van der Waals surface area contributed by atoms with Gasteiger partial charge in [-0.05, 0) is 42.9 Å². The van der Waals surface area contributed by atoms with Gasteiger partial charge in [0.1, 0.15) is 0 Å². The van der Waals surface area contributed by atoms with E-state index >= 15 is 0 Å². The van der Waals surface area contributed by atoms with Crippen LogP contribution in [-0.2, 0) is 11.8 Å². The fourth-order valence-electron chi connectivity index (χ4n) is 2.41. The van der Waals surface area contributed by atoms with Crippen LogP contribution in [0.2, 0.25) is 0 Å². The standard InChI is InChI=1S/C16H24N4S/c1-10-6-7-11(2)12(8-10)9-13(18-17)14-15(16(3,4)5)19-20-21-14/h6-8,13,18H,9,17H2,1-5H3. The van der Waals surface area contributed by atoms with E-state index in [2.05, 4.69) is 67.8 Å². The molecular weight excluding hydrogens is 280 g/mol. The highest BCUT2D eigenvalue weighted by molar-refractivity contribution is 7.05. The van der Waals surface area contributed by atoms with Gasteiger partial charge in [-0.1, -0.05) is 49.0 Å². The molecule has 0 fully saturated rings. The van der Waals surface area contributed by atoms with Gasteiger partial charge in [-0.3, -0.25) is 11.3 Å². The number of hydrogen-bond acceptors (Lipinski definition) is 5. The molecule has 0 bridgehead atoms. The van der Waals surface area contributed by atoms with Crippen molar-refractivity contribution in [2.75, 3.05) is 0 Å². The Balaban J connectivity index is 2.33. The van der Waals surface area contributed by atoms with Crippen LogP contribution < -0.4 is 11.3 Å². The molecule has 114 valence electrons. The minimum Gasteiger partial charge on any atom is -0.271 e. The molecule has 1 atom stereocenters. The monoisotopic (exact) mass is 304 g/mol. The quantitative estimate of drug-likeness (QED) is 0.672. The molecular formula is C16H24N4S. The summed E-state index contributed by atoms with van der Waals surface area (Å²) in [5.74, 6) is 5.81. The van der Waals surface area contributed by atoms with E-state index in [1.165, 1.54) is 28.2 Å². The molecule has 0 saturated carbocycles. The Labute approximate surface area is 130 Å². The molecule has 1 aromatic carbocycles. The first-order valence-electron chi connectivity index (χ1n) is 7.18. The molecule has 5 heteroatoms. The smallest absolute Gasteiger partial charge is 0.0857 e. The second-order valence-corrected chi connectivity index (χ2v) is 7.37. The van der Waals surface area contributed by atoms with Crippen LogP contribution in [0.1, 0.15) is 54.1 Å². The largest absolute Gasteiger partial charge is 0.271 e. The summed E-state index contributed by atoms with van der Waals surface area (Å²) in [7, 11) is 0. The summed E-state index contributed by atoms with van der Waals surface area (Å²) in [6, 6.07) is 6.57. The molecule has 2 aromatic rings. The Morgan fingerprint density at radius 3 is 2.62 bits per heavy atom. The van der Waals surface area contributed by atoms with Crippen molar-refractivity contribution in [1.82, 2.24) is 15.0 Å². The van der Waals surface area contributed by atoms with Crippen LogP contribution in [0.5, 0.6) is 0 Å². The number of aryl methyl sites for hydroxylation is 2. The number of hydrogen-bond donors (Lipinski definition) is 2. The van der Waals surface area contributed by atoms with E-state index in [1.54, 1.807) is 0 Å². The minimum atomic E-state index is -0.0287. The number of hydrazine groups is 1. The fraction of sp³-hybridized carbons (Fsp3) is 0.500. The van der Waals surface area contributed by atoms with Gasteiger partial charge >= 0.3 is 0 Å². The number of rotatable bonds is 4. The van der Waals surface area contributed by atoms with Crippen molar-refractivity contribution in [3.05, 3.63) is 45.5 Å². The van der Waals surface area contributed by atoms with Gasteiger partial charge in [-0.15, -0.1) is 5.10 Å². The van der Waals surface area contributed by atoms with Crippen LogP contribution in [0.25, 0.3) is 0 Å². The highest BCUT2D eigenvalue weighted by Crippen LogP contribution is 2.32. The molecule has 0 amide bonds. The van der Waals surface area contributed by atoms with Crippen LogP contribution in [0.3, 0.4) is 0 Å². The van der Waals surface area contributed by atoms with E-state index in [4.69, 9.17) is 5.84 Å². The Bertz CT molecular complexity index is 613. The van der Waals surface area contributed by atoms with Gasteiger partial charge in [0.05, 0.1) is 16.6 Å². The average Bonchev–Trinajstić information content (AvgIpc) is 2.89. The average molecular weight is 304 g/mol. The molecule has 0 aliphatic carbocycles. The van der Waals surface area contributed by atoms with Crippen molar-refractivity contribution in [1.29, 1.82) is 0 Å². The van der Waals surface area contributed by atoms with Crippen molar-refractivity contribution < 1.29 is 0 Å². The molecule has 0 aliphatic rings. The maximum absolute atomic E-state index is 5.81. The maximum Gasteiger partial charge on any atom is 0.0857 e. The van der Waals surface area contributed by atoms with E-state index < -0.39 is 0 Å². The van der Waals surface area contributed by atoms with Crippen molar-refractivity contribution in [2.24, 2.45) is 5.84 Å². The molecule has 4 nitrogen and oxygen atoms in total. The first-order chi connectivity index (χ1) is 9.82. The van der Waals surface area contributed by atoms with Crippen molar-refractivity contribution in [3.8, 4) is 0 Å². The number of aromatic nitrogens is 2. The molecule has 0 radical (unpaired) electrons. The highest BCUT2D eigenvalue weighted by atomic mass is 32.1. The Hall–Kier alpha value is -1.30. The first kappa shape index (κ1) is 16.1. The minimum absolute atomic E-state index is 0.0287. The van der Waals surface area contributed by atoms with Gasteiger partial charge in [-0.2, -0.15) is 0 Å². The Morgan fingerprint density at radius 2 is 2.00 bits per heavy atom. The zero-order chi connectivity index (χ0) is 15.6. The molecule has 21 heavy (non-hydrogen) atoms. The molecule has 0 spiro atoms. The molecule has 0 saturated heterocycles. The molecule has 2 rings (SSSR count). The van der Waals surface area contributed by atoms with E-state index in [-0.39, 0.29) is 11.5 Å². The van der Waals surface area contributed by atoms with Crippen LogP contribution in [0, 0.1) is 13.8 Å². The molecule has 1 unspecified atom stereocenters. The van der Waals surface area contributed by atoms with E-state index in [9.17, 15) is 0 Å². The van der Waals surface area contributed by atoms with E-state index in [0.717, 1.165) is 17.0 Å². The van der Waals surface area contributed by atoms with Gasteiger partial charge < -0.3 is 0 Å². The third-order valence-corrected chi connectivity index (χ3v) is 4.51. The summed E-state index contributed by atoms with van der Waals surface area (Å²) >= 11 is 1.43. The van der Waals surface area contributed by atoms with Crippen molar-refractivity contribution in [2.45, 2.75) is 52.5 Å². The summed E-state index contributed by atoms with van der Waals surface area (Å²) in [5, 5.41) is 4.31. The van der Waals surface area contributed by atoms with Crippen LogP contribution in [-0.4, -0.2) is 9.59 Å². The Kier molecular flexibility index (Phi) is 4.76. The third-order valence-electron chi connectivity index (χ3n) is 3.67. The number of nitrogens with two attached hydrogens (primary N) is 1. The van der Waals surface area contributed by atoms with Crippen molar-refractivity contribution in [3.63, 3.8) is 0 Å². The predicted molar refractivity (Wildman–Crippen MR) is 88.3 cm³/mol. The number of benzene rings is 1. The van der Waals surface area contributed by atoms with Gasteiger partial charge in [-0.25, -0.2) is 0 Å². The van der Waals surface area contributed by atoms with E-state index in [1.807, 2.05) is 0 Å². The lowest BCUT2D eigenvalue weighted by Gasteiger charge is -2.22. The lowest BCUT2D eigenvalue weighted by atomic mass is 9.88. The summed E-state index contributed by atoms with van der Waals surface area (Å²) < 4.78 is 4.14. The van der Waals surface area contributed by atoms with Crippen LogP contribution >= 0.6 is 11.5 Å². The molecule has 1 heterocycles. The predicted octanol–water partition coefficient (Wildman–Crippen LogP) is 3.20. The second-order valence-electron chi connectivity index (χ2n) is 6.59. The van der Waals surface area contributed by atoms with Crippen LogP contribution in [0.4, 0.5) is 0 Å². The number of nitrogens with one attached hydrogen (secondary N) is 1.